The number of rotatable bonds is 1. The molecule has 4 heteroatoms. The normalized spacial score (nSPS) is 15.8. The maximum absolute atomic E-state index is 10.7. The Labute approximate surface area is 93.4 Å². The van der Waals surface area contributed by atoms with Crippen LogP contribution in [0.5, 0.6) is 5.75 Å². The van der Waals surface area contributed by atoms with Gasteiger partial charge in [-0.2, -0.15) is 0 Å². The van der Waals surface area contributed by atoms with Crippen LogP contribution < -0.4 is 0 Å². The molecule has 2 N–H and O–H groups in total. The highest BCUT2D eigenvalue weighted by molar-refractivity contribution is 5.71. The molecule has 84 valence electrons. The standard InChI is InChI=1S/C12H13NO3/c14-11-3-1-9(2-4-11)10-5-7-13(8-6-10)12(15)16/h1-5,14H,6-8H2,(H,15,16). The third kappa shape index (κ3) is 2.16. The number of benzene rings is 1. The molecule has 0 radical (unpaired) electrons. The van der Waals surface area contributed by atoms with Crippen molar-refractivity contribution < 1.29 is 15.0 Å². The average Bonchev–Trinajstić information content (AvgIpc) is 2.30. The van der Waals surface area contributed by atoms with Crippen LogP contribution in [0.4, 0.5) is 4.79 Å². The van der Waals surface area contributed by atoms with Gasteiger partial charge in [-0.25, -0.2) is 4.79 Å². The van der Waals surface area contributed by atoms with Crippen molar-refractivity contribution in [3.63, 3.8) is 0 Å². The van der Waals surface area contributed by atoms with E-state index in [0.29, 0.717) is 13.1 Å². The molecule has 16 heavy (non-hydrogen) atoms. The van der Waals surface area contributed by atoms with Crippen LogP contribution in [0.1, 0.15) is 12.0 Å². The van der Waals surface area contributed by atoms with Gasteiger partial charge in [0, 0.05) is 13.1 Å². The van der Waals surface area contributed by atoms with Crippen molar-refractivity contribution in [2.75, 3.05) is 13.1 Å². The van der Waals surface area contributed by atoms with Gasteiger partial charge >= 0.3 is 6.09 Å². The van der Waals surface area contributed by atoms with Crippen LogP contribution >= 0.6 is 0 Å². The Morgan fingerprint density at radius 3 is 2.44 bits per heavy atom. The van der Waals surface area contributed by atoms with E-state index in [4.69, 9.17) is 10.2 Å². The molecule has 1 aromatic carbocycles. The first kappa shape index (κ1) is 10.5. The monoisotopic (exact) mass is 219 g/mol. The minimum Gasteiger partial charge on any atom is -0.508 e. The van der Waals surface area contributed by atoms with Gasteiger partial charge in [-0.1, -0.05) is 18.2 Å². The fraction of sp³-hybridized carbons (Fsp3) is 0.250. The third-order valence-electron chi connectivity index (χ3n) is 2.72. The second-order valence-electron chi connectivity index (χ2n) is 3.75. The Balaban J connectivity index is 2.13. The maximum Gasteiger partial charge on any atom is 0.407 e. The van der Waals surface area contributed by atoms with E-state index < -0.39 is 6.09 Å². The van der Waals surface area contributed by atoms with E-state index in [1.165, 1.54) is 4.90 Å². The molecule has 0 saturated heterocycles. The Morgan fingerprint density at radius 1 is 1.25 bits per heavy atom. The highest BCUT2D eigenvalue weighted by atomic mass is 16.4. The Morgan fingerprint density at radius 2 is 1.94 bits per heavy atom. The summed E-state index contributed by atoms with van der Waals surface area (Å²) in [6.07, 6.45) is 1.77. The molecule has 1 aliphatic rings. The predicted octanol–water partition coefficient (Wildman–Crippen LogP) is 2.16. The van der Waals surface area contributed by atoms with E-state index in [9.17, 15) is 4.79 Å². The molecule has 0 aliphatic carbocycles. The van der Waals surface area contributed by atoms with Crippen LogP contribution in [0.15, 0.2) is 30.3 Å². The molecule has 0 bridgehead atoms. The Bertz CT molecular complexity index is 422. The number of hydrogen-bond acceptors (Lipinski definition) is 2. The molecular weight excluding hydrogens is 206 g/mol. The van der Waals surface area contributed by atoms with E-state index in [1.807, 2.05) is 18.2 Å². The summed E-state index contributed by atoms with van der Waals surface area (Å²) in [5, 5.41) is 18.0. The molecule has 4 nitrogen and oxygen atoms in total. The zero-order valence-corrected chi connectivity index (χ0v) is 8.76. The average molecular weight is 219 g/mol. The first-order valence-electron chi connectivity index (χ1n) is 5.13. The van der Waals surface area contributed by atoms with Crippen LogP contribution in [0.3, 0.4) is 0 Å². The molecular formula is C12H13NO3. The summed E-state index contributed by atoms with van der Waals surface area (Å²) < 4.78 is 0. The smallest absolute Gasteiger partial charge is 0.407 e. The van der Waals surface area contributed by atoms with Crippen LogP contribution in [0, 0.1) is 0 Å². The quantitative estimate of drug-likeness (QED) is 0.760. The van der Waals surface area contributed by atoms with Gasteiger partial charge in [-0.3, -0.25) is 0 Å². The topological polar surface area (TPSA) is 60.8 Å². The van der Waals surface area contributed by atoms with Crippen LogP contribution in [-0.4, -0.2) is 34.3 Å². The minimum atomic E-state index is -0.874. The number of carboxylic acid groups (broad SMARTS) is 1. The van der Waals surface area contributed by atoms with Gasteiger partial charge in [-0.15, -0.1) is 0 Å². The van der Waals surface area contributed by atoms with Gasteiger partial charge in [-0.05, 0) is 29.7 Å². The molecule has 1 aliphatic heterocycles. The number of nitrogens with zero attached hydrogens (tertiary/aromatic N) is 1. The van der Waals surface area contributed by atoms with Gasteiger partial charge < -0.3 is 15.1 Å². The van der Waals surface area contributed by atoms with E-state index in [-0.39, 0.29) is 5.75 Å². The lowest BCUT2D eigenvalue weighted by Crippen LogP contribution is -2.33. The molecule has 0 fully saturated rings. The minimum absolute atomic E-state index is 0.243. The third-order valence-corrected chi connectivity index (χ3v) is 2.72. The van der Waals surface area contributed by atoms with Crippen molar-refractivity contribution in [2.24, 2.45) is 0 Å². The van der Waals surface area contributed by atoms with Crippen molar-refractivity contribution >= 4 is 11.7 Å². The molecule has 0 spiro atoms. The summed E-state index contributed by atoms with van der Waals surface area (Å²) in [5.74, 6) is 0.243. The first-order valence-corrected chi connectivity index (χ1v) is 5.13. The predicted molar refractivity (Wildman–Crippen MR) is 60.3 cm³/mol. The lowest BCUT2D eigenvalue weighted by Gasteiger charge is -2.23. The van der Waals surface area contributed by atoms with Crippen molar-refractivity contribution in [2.45, 2.75) is 6.42 Å². The van der Waals surface area contributed by atoms with Crippen molar-refractivity contribution in [3.8, 4) is 5.75 Å². The van der Waals surface area contributed by atoms with Crippen LogP contribution in [0.25, 0.3) is 5.57 Å². The summed E-state index contributed by atoms with van der Waals surface area (Å²) >= 11 is 0. The zero-order valence-electron chi connectivity index (χ0n) is 8.76. The molecule has 1 heterocycles. The summed E-state index contributed by atoms with van der Waals surface area (Å²) in [4.78, 5) is 12.1. The number of aromatic hydroxyl groups is 1. The first-order chi connectivity index (χ1) is 7.66. The van der Waals surface area contributed by atoms with E-state index in [1.54, 1.807) is 12.1 Å². The molecule has 2 rings (SSSR count). The van der Waals surface area contributed by atoms with Gasteiger partial charge in [0.2, 0.25) is 0 Å². The van der Waals surface area contributed by atoms with Crippen molar-refractivity contribution in [3.05, 3.63) is 35.9 Å². The fourth-order valence-corrected chi connectivity index (χ4v) is 1.78. The summed E-state index contributed by atoms with van der Waals surface area (Å²) in [6, 6.07) is 6.97. The van der Waals surface area contributed by atoms with Gasteiger partial charge in [0.1, 0.15) is 5.75 Å². The lowest BCUT2D eigenvalue weighted by molar-refractivity contribution is 0.150. The summed E-state index contributed by atoms with van der Waals surface area (Å²) in [7, 11) is 0. The molecule has 0 aromatic heterocycles. The highest BCUT2D eigenvalue weighted by Crippen LogP contribution is 2.23. The van der Waals surface area contributed by atoms with E-state index in [0.717, 1.165) is 17.6 Å². The summed E-state index contributed by atoms with van der Waals surface area (Å²) in [6.45, 7) is 0.966. The second kappa shape index (κ2) is 4.26. The molecule has 0 saturated carbocycles. The SMILES string of the molecule is O=C(O)N1CC=C(c2ccc(O)cc2)CC1. The number of hydrogen-bond donors (Lipinski definition) is 2. The maximum atomic E-state index is 10.7. The number of phenols is 1. The van der Waals surface area contributed by atoms with E-state index >= 15 is 0 Å². The molecule has 0 atom stereocenters. The largest absolute Gasteiger partial charge is 0.508 e. The van der Waals surface area contributed by atoms with Crippen LogP contribution in [-0.2, 0) is 0 Å². The highest BCUT2D eigenvalue weighted by Gasteiger charge is 2.16. The second-order valence-corrected chi connectivity index (χ2v) is 3.75. The van der Waals surface area contributed by atoms with E-state index in [2.05, 4.69) is 0 Å². The zero-order chi connectivity index (χ0) is 11.5. The Hall–Kier alpha value is -1.97. The molecule has 1 amide bonds. The Kier molecular flexibility index (Phi) is 2.81. The molecule has 0 unspecified atom stereocenters. The number of amides is 1. The van der Waals surface area contributed by atoms with Crippen LogP contribution in [0.2, 0.25) is 0 Å². The lowest BCUT2D eigenvalue weighted by atomic mass is 10.00. The van der Waals surface area contributed by atoms with Gasteiger partial charge in [0.15, 0.2) is 0 Å². The van der Waals surface area contributed by atoms with Gasteiger partial charge in [0.25, 0.3) is 0 Å². The number of phenolic OH excluding ortho intramolecular Hbond substituents is 1. The summed E-state index contributed by atoms with van der Waals surface area (Å²) in [5.41, 5.74) is 2.18. The van der Waals surface area contributed by atoms with Gasteiger partial charge in [0.05, 0.1) is 0 Å². The fourth-order valence-electron chi connectivity index (χ4n) is 1.78. The van der Waals surface area contributed by atoms with Crippen molar-refractivity contribution in [1.82, 2.24) is 4.90 Å². The number of carbonyl (C=O) groups is 1. The van der Waals surface area contributed by atoms with Crippen molar-refractivity contribution in [1.29, 1.82) is 0 Å². The molecule has 1 aromatic rings.